The van der Waals surface area contributed by atoms with E-state index in [1.807, 2.05) is 12.4 Å². The van der Waals surface area contributed by atoms with Crippen LogP contribution in [0.4, 0.5) is 0 Å². The average Bonchev–Trinajstić information content (AvgIpc) is 2.48. The molecule has 0 atom stereocenters. The number of nitrogens with two attached hydrogens (primary N) is 1. The minimum absolute atomic E-state index is 0.518. The summed E-state index contributed by atoms with van der Waals surface area (Å²) >= 11 is 0. The number of aromatic nitrogens is 1. The molecule has 2 aromatic carbocycles. The molecule has 0 aliphatic carbocycles. The number of nitrogens with zero attached hydrogens (tertiary/aromatic N) is 1. The number of pyridine rings is 1. The summed E-state index contributed by atoms with van der Waals surface area (Å²) in [6.45, 7) is 2.66. The third-order valence-electron chi connectivity index (χ3n) is 3.48. The molecule has 1 aromatic heterocycles. The molecular formula is C17H16N2. The van der Waals surface area contributed by atoms with E-state index in [1.165, 1.54) is 21.9 Å². The highest BCUT2D eigenvalue weighted by Gasteiger charge is 2.06. The molecule has 0 amide bonds. The highest BCUT2D eigenvalue weighted by atomic mass is 14.6. The normalized spacial score (nSPS) is 10.8. The zero-order chi connectivity index (χ0) is 13.2. The topological polar surface area (TPSA) is 38.9 Å². The maximum atomic E-state index is 5.69. The number of rotatable bonds is 2. The molecule has 19 heavy (non-hydrogen) atoms. The van der Waals surface area contributed by atoms with Crippen molar-refractivity contribution < 1.29 is 0 Å². The summed E-state index contributed by atoms with van der Waals surface area (Å²) in [5, 5.41) is 2.55. The lowest BCUT2D eigenvalue weighted by molar-refractivity contribution is 1.05. The first-order chi connectivity index (χ1) is 9.29. The van der Waals surface area contributed by atoms with Crippen LogP contribution in [0.2, 0.25) is 0 Å². The highest BCUT2D eigenvalue weighted by Crippen LogP contribution is 2.30. The molecular weight excluding hydrogens is 232 g/mol. The van der Waals surface area contributed by atoms with E-state index in [-0.39, 0.29) is 0 Å². The maximum Gasteiger partial charge on any atom is 0.0346 e. The summed E-state index contributed by atoms with van der Waals surface area (Å²) < 4.78 is 0. The van der Waals surface area contributed by atoms with Gasteiger partial charge >= 0.3 is 0 Å². The highest BCUT2D eigenvalue weighted by molar-refractivity contribution is 5.98. The Morgan fingerprint density at radius 2 is 1.79 bits per heavy atom. The Morgan fingerprint density at radius 1 is 1.00 bits per heavy atom. The fraction of sp³-hybridized carbons (Fsp3) is 0.118. The number of hydrogen-bond donors (Lipinski definition) is 1. The van der Waals surface area contributed by atoms with Gasteiger partial charge in [-0.2, -0.15) is 0 Å². The van der Waals surface area contributed by atoms with E-state index in [2.05, 4.69) is 54.4 Å². The molecule has 2 heteroatoms. The van der Waals surface area contributed by atoms with Crippen LogP contribution in [-0.2, 0) is 6.54 Å². The number of aryl methyl sites for hydroxylation is 1. The standard InChI is InChI=1S/C17H16N2/c1-12-6-7-16(17-5-3-2-4-15(12)17)14-8-13(9-18)10-19-11-14/h2-8,10-11H,9,18H2,1H3. The summed E-state index contributed by atoms with van der Waals surface area (Å²) in [6, 6.07) is 14.9. The van der Waals surface area contributed by atoms with E-state index in [1.54, 1.807) is 0 Å². The van der Waals surface area contributed by atoms with Gasteiger partial charge in [-0.15, -0.1) is 0 Å². The first-order valence-electron chi connectivity index (χ1n) is 6.42. The summed E-state index contributed by atoms with van der Waals surface area (Å²) in [4.78, 5) is 4.28. The summed E-state index contributed by atoms with van der Waals surface area (Å²) in [7, 11) is 0. The van der Waals surface area contributed by atoms with E-state index >= 15 is 0 Å². The second-order valence-corrected chi connectivity index (χ2v) is 4.76. The summed E-state index contributed by atoms with van der Waals surface area (Å²) in [5.41, 5.74) is 10.4. The second-order valence-electron chi connectivity index (χ2n) is 4.76. The van der Waals surface area contributed by atoms with Gasteiger partial charge in [0.15, 0.2) is 0 Å². The molecule has 0 spiro atoms. The molecule has 0 bridgehead atoms. The van der Waals surface area contributed by atoms with Crippen molar-refractivity contribution in [1.82, 2.24) is 4.98 Å². The van der Waals surface area contributed by atoms with Gasteiger partial charge in [0.1, 0.15) is 0 Å². The minimum atomic E-state index is 0.518. The predicted molar refractivity (Wildman–Crippen MR) is 79.8 cm³/mol. The first-order valence-corrected chi connectivity index (χ1v) is 6.42. The maximum absolute atomic E-state index is 5.69. The Bertz CT molecular complexity index is 732. The smallest absolute Gasteiger partial charge is 0.0346 e. The van der Waals surface area contributed by atoms with Crippen LogP contribution < -0.4 is 5.73 Å². The first kappa shape index (κ1) is 11.9. The molecule has 1 heterocycles. The van der Waals surface area contributed by atoms with Gasteiger partial charge in [-0.25, -0.2) is 0 Å². The van der Waals surface area contributed by atoms with Crippen LogP contribution in [0.3, 0.4) is 0 Å². The van der Waals surface area contributed by atoms with Crippen LogP contribution >= 0.6 is 0 Å². The fourth-order valence-electron chi connectivity index (χ4n) is 2.45. The predicted octanol–water partition coefficient (Wildman–Crippen LogP) is 3.67. The van der Waals surface area contributed by atoms with Crippen molar-refractivity contribution in [3.05, 3.63) is 66.0 Å². The van der Waals surface area contributed by atoms with Gasteiger partial charge in [0.05, 0.1) is 0 Å². The van der Waals surface area contributed by atoms with Gasteiger partial charge in [0.25, 0.3) is 0 Å². The molecule has 0 saturated heterocycles. The van der Waals surface area contributed by atoms with E-state index in [0.717, 1.165) is 11.1 Å². The summed E-state index contributed by atoms with van der Waals surface area (Å²) in [5.74, 6) is 0. The Kier molecular flexibility index (Phi) is 3.02. The van der Waals surface area contributed by atoms with E-state index in [0.29, 0.717) is 6.54 Å². The Balaban J connectivity index is 2.28. The monoisotopic (exact) mass is 248 g/mol. The van der Waals surface area contributed by atoms with Crippen LogP contribution in [0.5, 0.6) is 0 Å². The molecule has 2 nitrogen and oxygen atoms in total. The third kappa shape index (κ3) is 2.11. The lowest BCUT2D eigenvalue weighted by atomic mass is 9.96. The van der Waals surface area contributed by atoms with E-state index in [4.69, 9.17) is 5.73 Å². The van der Waals surface area contributed by atoms with Crippen molar-refractivity contribution in [2.24, 2.45) is 5.73 Å². The van der Waals surface area contributed by atoms with Crippen LogP contribution in [0.1, 0.15) is 11.1 Å². The van der Waals surface area contributed by atoms with Crippen LogP contribution in [-0.4, -0.2) is 4.98 Å². The zero-order valence-electron chi connectivity index (χ0n) is 10.9. The Hall–Kier alpha value is -2.19. The SMILES string of the molecule is Cc1ccc(-c2cncc(CN)c2)c2ccccc12. The molecule has 0 aliphatic rings. The molecule has 94 valence electrons. The molecule has 0 saturated carbocycles. The quantitative estimate of drug-likeness (QED) is 0.751. The summed E-state index contributed by atoms with van der Waals surface area (Å²) in [6.07, 6.45) is 3.72. The lowest BCUT2D eigenvalue weighted by Gasteiger charge is -2.09. The molecule has 3 rings (SSSR count). The zero-order valence-corrected chi connectivity index (χ0v) is 10.9. The number of fused-ring (bicyclic) bond motifs is 1. The van der Waals surface area contributed by atoms with Gasteiger partial charge in [-0.05, 0) is 40.5 Å². The molecule has 0 aliphatic heterocycles. The third-order valence-corrected chi connectivity index (χ3v) is 3.48. The van der Waals surface area contributed by atoms with Crippen LogP contribution in [0, 0.1) is 6.92 Å². The van der Waals surface area contributed by atoms with Crippen molar-refractivity contribution >= 4 is 10.8 Å². The minimum Gasteiger partial charge on any atom is -0.326 e. The van der Waals surface area contributed by atoms with Crippen molar-refractivity contribution in [1.29, 1.82) is 0 Å². The van der Waals surface area contributed by atoms with E-state index in [9.17, 15) is 0 Å². The van der Waals surface area contributed by atoms with Crippen molar-refractivity contribution in [2.45, 2.75) is 13.5 Å². The molecule has 0 unspecified atom stereocenters. The van der Waals surface area contributed by atoms with Crippen LogP contribution in [0.15, 0.2) is 54.9 Å². The van der Waals surface area contributed by atoms with Crippen molar-refractivity contribution in [3.8, 4) is 11.1 Å². The molecule has 0 radical (unpaired) electrons. The van der Waals surface area contributed by atoms with Gasteiger partial charge in [-0.1, -0.05) is 36.4 Å². The lowest BCUT2D eigenvalue weighted by Crippen LogP contribution is -1.97. The largest absolute Gasteiger partial charge is 0.326 e. The van der Waals surface area contributed by atoms with Crippen molar-refractivity contribution in [2.75, 3.05) is 0 Å². The Labute approximate surface area is 112 Å². The second kappa shape index (κ2) is 4.82. The average molecular weight is 248 g/mol. The van der Waals surface area contributed by atoms with E-state index < -0.39 is 0 Å². The van der Waals surface area contributed by atoms with Crippen LogP contribution in [0.25, 0.3) is 21.9 Å². The van der Waals surface area contributed by atoms with Gasteiger partial charge in [-0.3, -0.25) is 4.98 Å². The number of hydrogen-bond acceptors (Lipinski definition) is 2. The Morgan fingerprint density at radius 3 is 2.58 bits per heavy atom. The van der Waals surface area contributed by atoms with Gasteiger partial charge in [0, 0.05) is 24.5 Å². The molecule has 0 fully saturated rings. The number of benzene rings is 2. The van der Waals surface area contributed by atoms with Gasteiger partial charge < -0.3 is 5.73 Å². The fourth-order valence-corrected chi connectivity index (χ4v) is 2.45. The molecule has 2 N–H and O–H groups in total. The van der Waals surface area contributed by atoms with Crippen molar-refractivity contribution in [3.63, 3.8) is 0 Å². The van der Waals surface area contributed by atoms with Gasteiger partial charge in [0.2, 0.25) is 0 Å². The molecule has 3 aromatic rings.